The summed E-state index contributed by atoms with van der Waals surface area (Å²) in [6.07, 6.45) is 1.79. The Morgan fingerprint density at radius 3 is 2.54 bits per heavy atom. The van der Waals surface area contributed by atoms with E-state index in [1.165, 1.54) is 11.8 Å². The molecule has 0 spiro atoms. The Labute approximate surface area is 230 Å². The molecule has 0 atom stereocenters. The van der Waals surface area contributed by atoms with Crippen molar-refractivity contribution < 1.29 is 10.0 Å². The summed E-state index contributed by atoms with van der Waals surface area (Å²) in [7, 11) is 0. The molecule has 5 aromatic rings. The van der Waals surface area contributed by atoms with E-state index in [9.17, 15) is 4.79 Å². The first-order chi connectivity index (χ1) is 19.1. The SMILES string of the molecule is C=CCn1c(SCC(=O)Nc2ccc(/C(C)=N\O)cc2)nnc1-c1cc(-c2ccccc2)nc2ccccc12. The van der Waals surface area contributed by atoms with Crippen LogP contribution in [-0.4, -0.2) is 42.3 Å². The third-order valence-corrected chi connectivity index (χ3v) is 7.09. The minimum atomic E-state index is -0.171. The molecule has 9 heteroatoms. The van der Waals surface area contributed by atoms with E-state index < -0.39 is 0 Å². The Balaban J connectivity index is 1.41. The van der Waals surface area contributed by atoms with E-state index in [1.807, 2.05) is 65.2 Å². The molecular weight excluding hydrogens is 508 g/mol. The molecular formula is C30H26N6O2S. The number of nitrogens with zero attached hydrogens (tertiary/aromatic N) is 5. The third kappa shape index (κ3) is 5.73. The van der Waals surface area contributed by atoms with Crippen molar-refractivity contribution in [3.63, 3.8) is 0 Å². The quantitative estimate of drug-likeness (QED) is 0.0759. The minimum Gasteiger partial charge on any atom is -0.411 e. The van der Waals surface area contributed by atoms with Crippen molar-refractivity contribution in [2.24, 2.45) is 5.16 Å². The largest absolute Gasteiger partial charge is 0.411 e. The second-order valence-electron chi connectivity index (χ2n) is 8.74. The van der Waals surface area contributed by atoms with Crippen molar-refractivity contribution >= 4 is 40.0 Å². The van der Waals surface area contributed by atoms with Crippen LogP contribution in [0.3, 0.4) is 0 Å². The molecule has 0 fully saturated rings. The van der Waals surface area contributed by atoms with E-state index in [1.54, 1.807) is 37.3 Å². The number of nitrogens with one attached hydrogen (secondary N) is 1. The number of thioether (sulfide) groups is 1. The van der Waals surface area contributed by atoms with Gasteiger partial charge in [-0.3, -0.25) is 9.36 Å². The highest BCUT2D eigenvalue weighted by Gasteiger charge is 2.19. The summed E-state index contributed by atoms with van der Waals surface area (Å²) < 4.78 is 1.97. The number of carbonyl (C=O) groups is 1. The van der Waals surface area contributed by atoms with Gasteiger partial charge in [-0.2, -0.15) is 0 Å². The van der Waals surface area contributed by atoms with Crippen molar-refractivity contribution in [2.45, 2.75) is 18.6 Å². The fraction of sp³-hybridized carbons (Fsp3) is 0.100. The number of rotatable bonds is 9. The molecule has 2 aromatic heterocycles. The number of allylic oxidation sites excluding steroid dienone is 1. The summed E-state index contributed by atoms with van der Waals surface area (Å²) in [5.41, 5.74) is 5.55. The molecule has 0 unspecified atom stereocenters. The fourth-order valence-corrected chi connectivity index (χ4v) is 4.93. The highest BCUT2D eigenvalue weighted by atomic mass is 32.2. The van der Waals surface area contributed by atoms with Gasteiger partial charge < -0.3 is 10.5 Å². The van der Waals surface area contributed by atoms with Gasteiger partial charge in [0.1, 0.15) is 0 Å². The van der Waals surface area contributed by atoms with Gasteiger partial charge in [0.25, 0.3) is 0 Å². The Hall–Kier alpha value is -4.76. The zero-order valence-electron chi connectivity index (χ0n) is 21.3. The van der Waals surface area contributed by atoms with Crippen LogP contribution in [0.2, 0.25) is 0 Å². The van der Waals surface area contributed by atoms with Crippen molar-refractivity contribution in [2.75, 3.05) is 11.1 Å². The van der Waals surface area contributed by atoms with Crippen LogP contribution in [-0.2, 0) is 11.3 Å². The predicted molar refractivity (Wildman–Crippen MR) is 156 cm³/mol. The van der Waals surface area contributed by atoms with E-state index in [2.05, 4.69) is 27.2 Å². The van der Waals surface area contributed by atoms with Crippen molar-refractivity contribution in [1.29, 1.82) is 0 Å². The molecule has 0 saturated heterocycles. The lowest BCUT2D eigenvalue weighted by atomic mass is 10.0. The molecule has 0 saturated carbocycles. The average molecular weight is 535 g/mol. The highest BCUT2D eigenvalue weighted by molar-refractivity contribution is 7.99. The number of hydrogen-bond acceptors (Lipinski definition) is 7. The van der Waals surface area contributed by atoms with Crippen LogP contribution in [0, 0.1) is 0 Å². The number of oxime groups is 1. The number of pyridine rings is 1. The summed E-state index contributed by atoms with van der Waals surface area (Å²) in [4.78, 5) is 17.6. The fourth-order valence-electron chi connectivity index (χ4n) is 4.19. The first kappa shape index (κ1) is 25.9. The second-order valence-corrected chi connectivity index (χ2v) is 9.69. The Morgan fingerprint density at radius 1 is 1.05 bits per heavy atom. The summed E-state index contributed by atoms with van der Waals surface area (Å²) >= 11 is 1.31. The Bertz CT molecular complexity index is 1660. The molecule has 0 bridgehead atoms. The van der Waals surface area contributed by atoms with Crippen LogP contribution in [0.1, 0.15) is 12.5 Å². The number of aromatic nitrogens is 4. The van der Waals surface area contributed by atoms with E-state index in [4.69, 9.17) is 10.2 Å². The van der Waals surface area contributed by atoms with Gasteiger partial charge in [-0.05, 0) is 36.8 Å². The number of anilines is 1. The Kier molecular flexibility index (Phi) is 7.79. The van der Waals surface area contributed by atoms with Gasteiger partial charge in [0.15, 0.2) is 11.0 Å². The van der Waals surface area contributed by atoms with Gasteiger partial charge in [0.05, 0.1) is 22.7 Å². The van der Waals surface area contributed by atoms with Crippen LogP contribution >= 0.6 is 11.8 Å². The lowest BCUT2D eigenvalue weighted by Gasteiger charge is -2.12. The smallest absolute Gasteiger partial charge is 0.234 e. The number of carbonyl (C=O) groups excluding carboxylic acids is 1. The van der Waals surface area contributed by atoms with Gasteiger partial charge >= 0.3 is 0 Å². The molecule has 194 valence electrons. The Morgan fingerprint density at radius 2 is 1.79 bits per heavy atom. The van der Waals surface area contributed by atoms with E-state index in [0.717, 1.165) is 33.3 Å². The summed E-state index contributed by atoms with van der Waals surface area (Å²) in [5, 5.41) is 25.6. The maximum atomic E-state index is 12.7. The van der Waals surface area contributed by atoms with Gasteiger partial charge in [0.2, 0.25) is 5.91 Å². The zero-order chi connectivity index (χ0) is 27.2. The molecule has 3 aromatic carbocycles. The molecule has 0 aliphatic rings. The number of fused-ring (bicyclic) bond motifs is 1. The predicted octanol–water partition coefficient (Wildman–Crippen LogP) is 6.28. The molecule has 39 heavy (non-hydrogen) atoms. The van der Waals surface area contributed by atoms with Crippen LogP contribution in [0.5, 0.6) is 0 Å². The number of hydrogen-bond donors (Lipinski definition) is 2. The van der Waals surface area contributed by atoms with Crippen molar-refractivity contribution in [1.82, 2.24) is 19.7 Å². The monoisotopic (exact) mass is 534 g/mol. The first-order valence-corrected chi connectivity index (χ1v) is 13.3. The first-order valence-electron chi connectivity index (χ1n) is 12.3. The van der Waals surface area contributed by atoms with Crippen LogP contribution in [0.25, 0.3) is 33.5 Å². The number of benzene rings is 3. The van der Waals surface area contributed by atoms with E-state index in [0.29, 0.717) is 28.9 Å². The van der Waals surface area contributed by atoms with Crippen LogP contribution in [0.15, 0.2) is 108 Å². The van der Waals surface area contributed by atoms with Gasteiger partial charge in [0, 0.05) is 28.7 Å². The second kappa shape index (κ2) is 11.7. The van der Waals surface area contributed by atoms with E-state index in [-0.39, 0.29) is 11.7 Å². The molecule has 5 rings (SSSR count). The van der Waals surface area contributed by atoms with Crippen molar-refractivity contribution in [3.8, 4) is 22.6 Å². The van der Waals surface area contributed by atoms with Crippen LogP contribution < -0.4 is 5.32 Å². The number of amides is 1. The maximum Gasteiger partial charge on any atom is 0.234 e. The molecule has 0 radical (unpaired) electrons. The molecule has 0 aliphatic carbocycles. The highest BCUT2D eigenvalue weighted by Crippen LogP contribution is 2.33. The van der Waals surface area contributed by atoms with Gasteiger partial charge in [-0.25, -0.2) is 4.98 Å². The summed E-state index contributed by atoms with van der Waals surface area (Å²) in [6, 6.07) is 27.1. The molecule has 0 aliphatic heterocycles. The molecule has 8 nitrogen and oxygen atoms in total. The molecule has 2 heterocycles. The van der Waals surface area contributed by atoms with Crippen molar-refractivity contribution in [3.05, 3.63) is 103 Å². The summed E-state index contributed by atoms with van der Waals surface area (Å²) in [6.45, 7) is 6.10. The van der Waals surface area contributed by atoms with E-state index >= 15 is 0 Å². The third-order valence-electron chi connectivity index (χ3n) is 6.12. The zero-order valence-corrected chi connectivity index (χ0v) is 22.1. The standard InChI is InChI=1S/C30H26N6O2S/c1-3-17-36-29(25-18-27(22-9-5-4-6-10-22)32-26-12-8-7-11-24(25)26)33-34-30(36)39-19-28(37)31-23-15-13-21(14-16-23)20(2)35-38/h3-16,18,38H,1,17,19H2,2H3,(H,31,37)/b35-20-. The van der Waals surface area contributed by atoms with Gasteiger partial charge in [-0.15, -0.1) is 16.8 Å². The summed E-state index contributed by atoms with van der Waals surface area (Å²) in [5.74, 6) is 0.668. The van der Waals surface area contributed by atoms with Crippen LogP contribution in [0.4, 0.5) is 5.69 Å². The minimum absolute atomic E-state index is 0.153. The topological polar surface area (TPSA) is 105 Å². The maximum absolute atomic E-state index is 12.7. The lowest BCUT2D eigenvalue weighted by molar-refractivity contribution is -0.113. The molecule has 1 amide bonds. The van der Waals surface area contributed by atoms with Gasteiger partial charge in [-0.1, -0.05) is 83.7 Å². The molecule has 2 N–H and O–H groups in total. The average Bonchev–Trinajstić information content (AvgIpc) is 3.38. The lowest BCUT2D eigenvalue weighted by Crippen LogP contribution is -2.14. The number of para-hydroxylation sites is 1. The normalized spacial score (nSPS) is 11.5.